The van der Waals surface area contributed by atoms with E-state index >= 15 is 0 Å². The molecule has 0 aliphatic heterocycles. The number of benzene rings is 1. The molecule has 0 fully saturated rings. The van der Waals surface area contributed by atoms with Crippen molar-refractivity contribution in [2.75, 3.05) is 6.61 Å². The van der Waals surface area contributed by atoms with E-state index in [0.717, 1.165) is 12.0 Å². The van der Waals surface area contributed by atoms with Gasteiger partial charge in [0.2, 0.25) is 0 Å². The first-order chi connectivity index (χ1) is 7.54. The topological polar surface area (TPSA) is 26.3 Å². The molecule has 0 aliphatic rings. The van der Waals surface area contributed by atoms with Crippen LogP contribution in [-0.2, 0) is 0 Å². The van der Waals surface area contributed by atoms with E-state index in [0.29, 0.717) is 12.2 Å². The summed E-state index contributed by atoms with van der Waals surface area (Å²) in [6.45, 7) is 7.42. The zero-order chi connectivity index (χ0) is 12.1. The van der Waals surface area contributed by atoms with Crippen LogP contribution in [0.25, 0.3) is 0 Å². The van der Waals surface area contributed by atoms with Crippen molar-refractivity contribution < 1.29 is 13.9 Å². The number of ketones is 1. The monoisotopic (exact) mass is 222 g/mol. The second kappa shape index (κ2) is 5.45. The van der Waals surface area contributed by atoms with Crippen LogP contribution in [0.3, 0.4) is 0 Å². The van der Waals surface area contributed by atoms with E-state index < -0.39 is 5.82 Å². The van der Waals surface area contributed by atoms with Gasteiger partial charge in [-0.15, -0.1) is 0 Å². The Hall–Kier alpha value is -1.64. The molecular weight excluding hydrogens is 207 g/mol. The van der Waals surface area contributed by atoms with Crippen LogP contribution in [0.1, 0.15) is 30.6 Å². The van der Waals surface area contributed by atoms with Gasteiger partial charge in [-0.05, 0) is 37.1 Å². The molecule has 1 aromatic carbocycles. The Morgan fingerprint density at radius 3 is 2.69 bits per heavy atom. The summed E-state index contributed by atoms with van der Waals surface area (Å²) < 4.78 is 18.7. The van der Waals surface area contributed by atoms with Crippen molar-refractivity contribution >= 4 is 5.78 Å². The number of ether oxygens (including phenoxy) is 1. The van der Waals surface area contributed by atoms with Crippen LogP contribution in [0.4, 0.5) is 4.39 Å². The molecule has 0 spiro atoms. The summed E-state index contributed by atoms with van der Waals surface area (Å²) in [5.74, 6) is -0.528. The lowest BCUT2D eigenvalue weighted by molar-refractivity contribution is 0.101. The number of carbonyl (C=O) groups excluding carboxylic acids is 1. The molecule has 3 heteroatoms. The zero-order valence-corrected chi connectivity index (χ0v) is 9.55. The molecule has 0 heterocycles. The van der Waals surface area contributed by atoms with E-state index in [2.05, 4.69) is 6.58 Å². The summed E-state index contributed by atoms with van der Waals surface area (Å²) in [4.78, 5) is 11.0. The van der Waals surface area contributed by atoms with Crippen LogP contribution in [0.5, 0.6) is 5.75 Å². The molecule has 1 rings (SSSR count). The van der Waals surface area contributed by atoms with E-state index in [1.807, 2.05) is 6.92 Å². The minimum atomic E-state index is -0.517. The maximum Gasteiger partial charge on any atom is 0.165 e. The minimum absolute atomic E-state index is 0.152. The second-order valence-electron chi connectivity index (χ2n) is 3.59. The second-order valence-corrected chi connectivity index (χ2v) is 3.59. The molecule has 0 bridgehead atoms. The molecule has 16 heavy (non-hydrogen) atoms. The average Bonchev–Trinajstić information content (AvgIpc) is 2.26. The minimum Gasteiger partial charge on any atom is -0.486 e. The van der Waals surface area contributed by atoms with Crippen molar-refractivity contribution in [1.29, 1.82) is 0 Å². The van der Waals surface area contributed by atoms with E-state index in [9.17, 15) is 9.18 Å². The van der Waals surface area contributed by atoms with Gasteiger partial charge in [0.05, 0.1) is 0 Å². The highest BCUT2D eigenvalue weighted by atomic mass is 19.1. The van der Waals surface area contributed by atoms with Crippen molar-refractivity contribution in [2.45, 2.75) is 20.3 Å². The molecule has 0 unspecified atom stereocenters. The Bertz CT molecular complexity index is 410. The highest BCUT2D eigenvalue weighted by Gasteiger charge is 2.07. The number of halogens is 1. The molecule has 0 radical (unpaired) electrons. The third-order valence-electron chi connectivity index (χ3n) is 2.27. The van der Waals surface area contributed by atoms with E-state index in [1.54, 1.807) is 6.07 Å². The Morgan fingerprint density at radius 2 is 2.19 bits per heavy atom. The summed E-state index contributed by atoms with van der Waals surface area (Å²) >= 11 is 0. The Labute approximate surface area is 94.7 Å². The van der Waals surface area contributed by atoms with Gasteiger partial charge in [-0.25, -0.2) is 4.39 Å². The van der Waals surface area contributed by atoms with E-state index in [1.165, 1.54) is 19.1 Å². The number of carbonyl (C=O) groups is 1. The number of hydrogen-bond acceptors (Lipinski definition) is 2. The van der Waals surface area contributed by atoms with Crippen molar-refractivity contribution in [3.05, 3.63) is 41.7 Å². The van der Waals surface area contributed by atoms with Gasteiger partial charge in [0.1, 0.15) is 6.61 Å². The normalized spacial score (nSPS) is 9.94. The van der Waals surface area contributed by atoms with Crippen LogP contribution in [-0.4, -0.2) is 12.4 Å². The molecule has 2 nitrogen and oxygen atoms in total. The SMILES string of the molecule is C=C(CC)COc1ccc(C(C)=O)cc1F. The van der Waals surface area contributed by atoms with Gasteiger partial charge in [-0.2, -0.15) is 0 Å². The molecule has 1 aromatic rings. The maximum atomic E-state index is 13.5. The van der Waals surface area contributed by atoms with Crippen LogP contribution in [0.15, 0.2) is 30.4 Å². The van der Waals surface area contributed by atoms with E-state index in [4.69, 9.17) is 4.74 Å². The van der Waals surface area contributed by atoms with Gasteiger partial charge >= 0.3 is 0 Å². The van der Waals surface area contributed by atoms with Crippen LogP contribution in [0.2, 0.25) is 0 Å². The van der Waals surface area contributed by atoms with Crippen molar-refractivity contribution in [3.8, 4) is 5.75 Å². The van der Waals surface area contributed by atoms with Gasteiger partial charge in [0.15, 0.2) is 17.3 Å². The third kappa shape index (κ3) is 3.19. The lowest BCUT2D eigenvalue weighted by Gasteiger charge is -2.08. The number of Topliss-reactive ketones (excluding diaryl/α,β-unsaturated/α-hetero) is 1. The Kier molecular flexibility index (Phi) is 4.23. The molecule has 0 aliphatic carbocycles. The smallest absolute Gasteiger partial charge is 0.165 e. The lowest BCUT2D eigenvalue weighted by atomic mass is 10.1. The van der Waals surface area contributed by atoms with Crippen molar-refractivity contribution in [1.82, 2.24) is 0 Å². The summed E-state index contributed by atoms with van der Waals surface area (Å²) in [7, 11) is 0. The molecule has 86 valence electrons. The quantitative estimate of drug-likeness (QED) is 0.564. The zero-order valence-electron chi connectivity index (χ0n) is 9.55. The molecular formula is C13H15FO2. The Morgan fingerprint density at radius 1 is 1.50 bits per heavy atom. The van der Waals surface area contributed by atoms with Gasteiger partial charge in [0, 0.05) is 5.56 Å². The standard InChI is InChI=1S/C13H15FO2/c1-4-9(2)8-16-13-6-5-11(10(3)15)7-12(13)14/h5-7H,2,4,8H2,1,3H3. The van der Waals surface area contributed by atoms with Crippen LogP contribution in [0, 0.1) is 5.82 Å². The van der Waals surface area contributed by atoms with Crippen molar-refractivity contribution in [3.63, 3.8) is 0 Å². The Balaban J connectivity index is 2.75. The molecule has 0 atom stereocenters. The predicted molar refractivity (Wildman–Crippen MR) is 61.3 cm³/mol. The summed E-state index contributed by atoms with van der Waals surface area (Å²) in [6, 6.07) is 4.21. The molecule has 0 amide bonds. The fourth-order valence-electron chi connectivity index (χ4n) is 1.12. The predicted octanol–water partition coefficient (Wildman–Crippen LogP) is 3.37. The largest absolute Gasteiger partial charge is 0.486 e. The average molecular weight is 222 g/mol. The summed E-state index contributed by atoms with van der Waals surface area (Å²) in [5, 5.41) is 0. The lowest BCUT2D eigenvalue weighted by Crippen LogP contribution is -2.02. The summed E-state index contributed by atoms with van der Waals surface area (Å²) in [6.07, 6.45) is 0.799. The molecule has 0 saturated carbocycles. The van der Waals surface area contributed by atoms with Gasteiger partial charge in [-0.3, -0.25) is 4.79 Å². The van der Waals surface area contributed by atoms with Gasteiger partial charge < -0.3 is 4.74 Å². The fraction of sp³-hybridized carbons (Fsp3) is 0.308. The highest BCUT2D eigenvalue weighted by molar-refractivity contribution is 5.94. The maximum absolute atomic E-state index is 13.5. The van der Waals surface area contributed by atoms with Crippen LogP contribution < -0.4 is 4.74 Å². The summed E-state index contributed by atoms with van der Waals surface area (Å²) in [5.41, 5.74) is 1.24. The first-order valence-corrected chi connectivity index (χ1v) is 5.14. The van der Waals surface area contributed by atoms with Crippen LogP contribution >= 0.6 is 0 Å². The highest BCUT2D eigenvalue weighted by Crippen LogP contribution is 2.19. The molecule has 0 aromatic heterocycles. The van der Waals surface area contributed by atoms with Gasteiger partial charge in [-0.1, -0.05) is 13.5 Å². The van der Waals surface area contributed by atoms with Crippen molar-refractivity contribution in [2.24, 2.45) is 0 Å². The number of hydrogen-bond donors (Lipinski definition) is 0. The molecule has 0 N–H and O–H groups in total. The first-order valence-electron chi connectivity index (χ1n) is 5.14. The number of rotatable bonds is 5. The van der Waals surface area contributed by atoms with E-state index in [-0.39, 0.29) is 11.5 Å². The van der Waals surface area contributed by atoms with Gasteiger partial charge in [0.25, 0.3) is 0 Å². The fourth-order valence-corrected chi connectivity index (χ4v) is 1.12. The first kappa shape index (κ1) is 12.4. The molecule has 0 saturated heterocycles. The third-order valence-corrected chi connectivity index (χ3v) is 2.27.